The highest BCUT2D eigenvalue weighted by molar-refractivity contribution is 7.46. The van der Waals surface area contributed by atoms with Crippen LogP contribution in [0.15, 0.2) is 30.3 Å². The second-order valence-electron chi connectivity index (χ2n) is 3.98. The monoisotopic (exact) mass is 289 g/mol. The van der Waals surface area contributed by atoms with Crippen molar-refractivity contribution in [3.05, 3.63) is 35.9 Å². The van der Waals surface area contributed by atoms with Crippen LogP contribution in [-0.2, 0) is 20.4 Å². The van der Waals surface area contributed by atoms with E-state index in [0.29, 0.717) is 0 Å². The Morgan fingerprint density at radius 3 is 2.42 bits per heavy atom. The van der Waals surface area contributed by atoms with Crippen LogP contribution in [0.5, 0.6) is 0 Å². The Hall–Kier alpha value is -1.24. The van der Waals surface area contributed by atoms with Crippen LogP contribution in [0.3, 0.4) is 0 Å². The summed E-state index contributed by atoms with van der Waals surface area (Å²) in [6.07, 6.45) is -1.16. The van der Waals surface area contributed by atoms with E-state index in [1.54, 1.807) is 12.1 Å². The molecule has 1 rings (SSSR count). The van der Waals surface area contributed by atoms with E-state index in [4.69, 9.17) is 14.9 Å². The molecule has 0 saturated carbocycles. The third-order valence-corrected chi connectivity index (χ3v) is 3.02. The minimum Gasteiger partial charge on any atom is -0.480 e. The lowest BCUT2D eigenvalue weighted by Gasteiger charge is -2.22. The summed E-state index contributed by atoms with van der Waals surface area (Å²) in [5.74, 6) is -1.24. The second-order valence-corrected chi connectivity index (χ2v) is 5.18. The molecule has 0 radical (unpaired) electrons. The molecule has 0 heterocycles. The number of phosphoric ester groups is 1. The smallest absolute Gasteiger partial charge is 0.469 e. The van der Waals surface area contributed by atoms with Gasteiger partial charge in [0.05, 0.1) is 6.10 Å². The van der Waals surface area contributed by atoms with Crippen molar-refractivity contribution in [1.29, 1.82) is 0 Å². The lowest BCUT2D eigenvalue weighted by atomic mass is 10.1. The van der Waals surface area contributed by atoms with Crippen LogP contribution >= 0.6 is 7.82 Å². The zero-order chi connectivity index (χ0) is 14.5. The van der Waals surface area contributed by atoms with Crippen molar-refractivity contribution in [3.8, 4) is 0 Å². The van der Waals surface area contributed by atoms with Crippen molar-refractivity contribution in [2.24, 2.45) is 0 Å². The molecule has 0 aliphatic heterocycles. The SMILES string of the molecule is CC(OP(=O)(O)O)C(NCc1ccccc1)C(=O)O. The lowest BCUT2D eigenvalue weighted by molar-refractivity contribution is -0.141. The number of phosphoric acid groups is 1. The van der Waals surface area contributed by atoms with Crippen molar-refractivity contribution in [3.63, 3.8) is 0 Å². The quantitative estimate of drug-likeness (QED) is 0.547. The van der Waals surface area contributed by atoms with Gasteiger partial charge in [-0.1, -0.05) is 30.3 Å². The van der Waals surface area contributed by atoms with Crippen molar-refractivity contribution in [1.82, 2.24) is 5.32 Å². The molecule has 2 unspecified atom stereocenters. The van der Waals surface area contributed by atoms with E-state index < -0.39 is 25.9 Å². The number of hydrogen-bond donors (Lipinski definition) is 4. The number of nitrogens with one attached hydrogen (secondary N) is 1. The first kappa shape index (κ1) is 15.8. The van der Waals surface area contributed by atoms with E-state index >= 15 is 0 Å². The predicted molar refractivity (Wildman–Crippen MR) is 67.3 cm³/mol. The standard InChI is InChI=1S/C11H16NO6P/c1-8(18-19(15,16)17)10(11(13)14)12-7-9-5-3-2-4-6-9/h2-6,8,10,12H,7H2,1H3,(H,13,14)(H2,15,16,17). The maximum Gasteiger partial charge on any atom is 0.469 e. The number of carbonyl (C=O) groups is 1. The molecule has 0 spiro atoms. The summed E-state index contributed by atoms with van der Waals surface area (Å²) in [6.45, 7) is 1.54. The largest absolute Gasteiger partial charge is 0.480 e. The number of carboxylic acid groups (broad SMARTS) is 1. The first-order chi connectivity index (χ1) is 8.79. The summed E-state index contributed by atoms with van der Waals surface area (Å²) in [5, 5.41) is 11.7. The zero-order valence-electron chi connectivity index (χ0n) is 10.3. The van der Waals surface area contributed by atoms with Crippen LogP contribution in [0.4, 0.5) is 0 Å². The fourth-order valence-electron chi connectivity index (χ4n) is 1.56. The number of aliphatic carboxylic acids is 1. The average Bonchev–Trinajstić information content (AvgIpc) is 2.27. The Bertz CT molecular complexity index is 460. The predicted octanol–water partition coefficient (Wildman–Crippen LogP) is 0.727. The van der Waals surface area contributed by atoms with Gasteiger partial charge in [-0.25, -0.2) is 4.57 Å². The van der Waals surface area contributed by atoms with E-state index in [1.807, 2.05) is 18.2 Å². The van der Waals surface area contributed by atoms with Gasteiger partial charge >= 0.3 is 13.8 Å². The van der Waals surface area contributed by atoms with Gasteiger partial charge in [0.1, 0.15) is 6.04 Å². The van der Waals surface area contributed by atoms with Crippen LogP contribution in [0, 0.1) is 0 Å². The third-order valence-electron chi connectivity index (χ3n) is 2.41. The Labute approximate surface area is 110 Å². The molecule has 4 N–H and O–H groups in total. The molecular formula is C11H16NO6P. The molecule has 19 heavy (non-hydrogen) atoms. The second kappa shape index (κ2) is 6.79. The Balaban J connectivity index is 2.63. The summed E-state index contributed by atoms with van der Waals surface area (Å²) < 4.78 is 15.1. The minimum atomic E-state index is -4.71. The van der Waals surface area contributed by atoms with Crippen molar-refractivity contribution < 1.29 is 28.8 Å². The summed E-state index contributed by atoms with van der Waals surface area (Å²) in [5.41, 5.74) is 0.858. The molecule has 1 aromatic carbocycles. The number of hydrogen-bond acceptors (Lipinski definition) is 4. The molecule has 106 valence electrons. The van der Waals surface area contributed by atoms with Crippen molar-refractivity contribution in [2.75, 3.05) is 0 Å². The summed E-state index contributed by atoms with van der Waals surface area (Å²) in [6, 6.07) is 7.84. The van der Waals surface area contributed by atoms with Crippen LogP contribution < -0.4 is 5.32 Å². The van der Waals surface area contributed by atoms with Gasteiger partial charge in [0, 0.05) is 6.54 Å². The molecule has 0 aliphatic rings. The van der Waals surface area contributed by atoms with E-state index in [9.17, 15) is 9.36 Å². The average molecular weight is 289 g/mol. The van der Waals surface area contributed by atoms with Crippen molar-refractivity contribution in [2.45, 2.75) is 25.6 Å². The van der Waals surface area contributed by atoms with E-state index in [1.165, 1.54) is 6.92 Å². The molecule has 8 heteroatoms. The Morgan fingerprint density at radius 1 is 1.37 bits per heavy atom. The summed E-state index contributed by atoms with van der Waals surface area (Å²) in [4.78, 5) is 28.4. The van der Waals surface area contributed by atoms with Gasteiger partial charge in [0.25, 0.3) is 0 Å². The van der Waals surface area contributed by atoms with Gasteiger partial charge in [0.2, 0.25) is 0 Å². The molecule has 0 amide bonds. The molecular weight excluding hydrogens is 273 g/mol. The minimum absolute atomic E-state index is 0.257. The first-order valence-corrected chi connectivity index (χ1v) is 7.06. The maximum absolute atomic E-state index is 11.1. The Morgan fingerprint density at radius 2 is 1.95 bits per heavy atom. The molecule has 0 fully saturated rings. The Kier molecular flexibility index (Phi) is 5.65. The normalized spacial score (nSPS) is 14.9. The zero-order valence-corrected chi connectivity index (χ0v) is 11.2. The van der Waals surface area contributed by atoms with Crippen LogP contribution in [0.2, 0.25) is 0 Å². The summed E-state index contributed by atoms with van der Waals surface area (Å²) in [7, 11) is -4.71. The number of carboxylic acids is 1. The highest BCUT2D eigenvalue weighted by atomic mass is 31.2. The third kappa shape index (κ3) is 5.96. The molecule has 0 bridgehead atoms. The summed E-state index contributed by atoms with van der Waals surface area (Å²) >= 11 is 0. The van der Waals surface area contributed by atoms with Gasteiger partial charge in [-0.2, -0.15) is 0 Å². The van der Waals surface area contributed by atoms with Gasteiger partial charge in [-0.05, 0) is 12.5 Å². The number of rotatable bonds is 7. The number of benzene rings is 1. The van der Waals surface area contributed by atoms with E-state index in [0.717, 1.165) is 5.56 Å². The van der Waals surface area contributed by atoms with E-state index in [-0.39, 0.29) is 6.54 Å². The molecule has 1 aromatic rings. The van der Waals surface area contributed by atoms with Crippen molar-refractivity contribution >= 4 is 13.8 Å². The molecule has 0 aliphatic carbocycles. The van der Waals surface area contributed by atoms with Crippen LogP contribution in [0.1, 0.15) is 12.5 Å². The highest BCUT2D eigenvalue weighted by Crippen LogP contribution is 2.38. The first-order valence-electron chi connectivity index (χ1n) is 5.53. The highest BCUT2D eigenvalue weighted by Gasteiger charge is 2.30. The van der Waals surface area contributed by atoms with Crippen LogP contribution in [-0.4, -0.2) is 33.0 Å². The molecule has 0 saturated heterocycles. The maximum atomic E-state index is 11.1. The van der Waals surface area contributed by atoms with Crippen LogP contribution in [0.25, 0.3) is 0 Å². The topological polar surface area (TPSA) is 116 Å². The van der Waals surface area contributed by atoms with E-state index in [2.05, 4.69) is 9.84 Å². The molecule has 7 nitrogen and oxygen atoms in total. The molecule has 0 aromatic heterocycles. The van der Waals surface area contributed by atoms with Gasteiger partial charge in [0.15, 0.2) is 0 Å². The van der Waals surface area contributed by atoms with Gasteiger partial charge in [-0.15, -0.1) is 0 Å². The fourth-order valence-corrected chi connectivity index (χ4v) is 2.11. The molecule has 2 atom stereocenters. The fraction of sp³-hybridized carbons (Fsp3) is 0.364. The van der Waals surface area contributed by atoms with Gasteiger partial charge in [-0.3, -0.25) is 14.6 Å². The lowest BCUT2D eigenvalue weighted by Crippen LogP contribution is -2.45. The van der Waals surface area contributed by atoms with Gasteiger partial charge < -0.3 is 14.9 Å².